The van der Waals surface area contributed by atoms with E-state index in [4.69, 9.17) is 0 Å². The first-order valence-corrected chi connectivity index (χ1v) is 11.4. The first kappa shape index (κ1) is 20.7. The Hall–Kier alpha value is -1.61. The summed E-state index contributed by atoms with van der Waals surface area (Å²) in [6, 6.07) is 15.4. The van der Waals surface area contributed by atoms with Crippen molar-refractivity contribution in [3.05, 3.63) is 94.7 Å². The second kappa shape index (κ2) is 7.91. The molecule has 0 bridgehead atoms. The maximum absolute atomic E-state index is 13.0. The van der Waals surface area contributed by atoms with Gasteiger partial charge in [-0.15, -0.1) is 0 Å². The van der Waals surface area contributed by atoms with Crippen molar-refractivity contribution in [2.75, 3.05) is 4.90 Å². The molecule has 144 valence electrons. The van der Waals surface area contributed by atoms with Gasteiger partial charge < -0.3 is 0 Å². The zero-order valence-electron chi connectivity index (χ0n) is 14.4. The lowest BCUT2D eigenvalue weighted by molar-refractivity contribution is 0.0925. The molecule has 0 atom stereocenters. The van der Waals surface area contributed by atoms with Crippen molar-refractivity contribution < 1.29 is 14.4 Å². The van der Waals surface area contributed by atoms with E-state index in [0.717, 1.165) is 4.90 Å². The van der Waals surface area contributed by atoms with Crippen LogP contribution >= 0.6 is 63.7 Å². The van der Waals surface area contributed by atoms with Gasteiger partial charge in [-0.1, -0.05) is 30.3 Å². The van der Waals surface area contributed by atoms with E-state index < -0.39 is 11.8 Å². The Morgan fingerprint density at radius 2 is 1.07 bits per heavy atom. The molecule has 1 aliphatic heterocycles. The van der Waals surface area contributed by atoms with Crippen molar-refractivity contribution in [3.8, 4) is 0 Å². The molecule has 1 heterocycles. The molecule has 0 spiro atoms. The van der Waals surface area contributed by atoms with Crippen LogP contribution in [0.15, 0.2) is 72.5 Å². The molecule has 3 aromatic carbocycles. The molecule has 0 aliphatic carbocycles. The molecular weight excluding hydrogens is 634 g/mol. The Labute approximate surface area is 199 Å². The maximum atomic E-state index is 13.0. The molecule has 29 heavy (non-hydrogen) atoms. The van der Waals surface area contributed by atoms with Gasteiger partial charge in [0, 0.05) is 29.0 Å². The van der Waals surface area contributed by atoms with Crippen molar-refractivity contribution in [2.24, 2.45) is 0 Å². The fraction of sp³-hybridized carbons (Fsp3) is 0. The Balaban J connectivity index is 1.72. The summed E-state index contributed by atoms with van der Waals surface area (Å²) in [6.07, 6.45) is 0. The Morgan fingerprint density at radius 1 is 0.621 bits per heavy atom. The number of hydrogen-bond donors (Lipinski definition) is 0. The summed E-state index contributed by atoms with van der Waals surface area (Å²) in [4.78, 5) is 39.8. The van der Waals surface area contributed by atoms with E-state index in [-0.39, 0.29) is 16.9 Å². The predicted molar refractivity (Wildman–Crippen MR) is 125 cm³/mol. The van der Waals surface area contributed by atoms with Crippen molar-refractivity contribution in [3.63, 3.8) is 0 Å². The lowest BCUT2D eigenvalue weighted by Crippen LogP contribution is -2.29. The minimum Gasteiger partial charge on any atom is -0.289 e. The molecular formula is C21H9Br4NO3. The quantitative estimate of drug-likeness (QED) is 0.137. The van der Waals surface area contributed by atoms with Crippen molar-refractivity contribution >= 4 is 87.0 Å². The van der Waals surface area contributed by atoms with Gasteiger partial charge in [0.15, 0.2) is 5.78 Å². The van der Waals surface area contributed by atoms with Gasteiger partial charge in [0.2, 0.25) is 0 Å². The molecule has 8 heteroatoms. The molecule has 1 aliphatic rings. The van der Waals surface area contributed by atoms with Gasteiger partial charge in [-0.2, -0.15) is 0 Å². The SMILES string of the molecule is O=C(c1ccccc1)c1ccc(N2C(=O)c3c(Br)c(Br)c(Br)c(Br)c3C2=O)cc1. The van der Waals surface area contributed by atoms with Crippen LogP contribution in [0.2, 0.25) is 0 Å². The molecule has 0 N–H and O–H groups in total. The average Bonchev–Trinajstić information content (AvgIpc) is 3.01. The van der Waals surface area contributed by atoms with Crippen LogP contribution in [-0.4, -0.2) is 17.6 Å². The molecule has 4 nitrogen and oxygen atoms in total. The van der Waals surface area contributed by atoms with Gasteiger partial charge in [0.05, 0.1) is 16.8 Å². The number of ketones is 1. The highest BCUT2D eigenvalue weighted by Gasteiger charge is 2.41. The minimum atomic E-state index is -0.437. The number of anilines is 1. The topological polar surface area (TPSA) is 54.5 Å². The molecule has 0 aromatic heterocycles. The number of amides is 2. The number of fused-ring (bicyclic) bond motifs is 1. The van der Waals surface area contributed by atoms with Crippen LogP contribution in [0.3, 0.4) is 0 Å². The summed E-state index contributed by atoms with van der Waals surface area (Å²) in [6.45, 7) is 0. The minimum absolute atomic E-state index is 0.127. The van der Waals surface area contributed by atoms with Crippen LogP contribution in [-0.2, 0) is 0 Å². The van der Waals surface area contributed by atoms with Gasteiger partial charge in [0.1, 0.15) is 0 Å². The lowest BCUT2D eigenvalue weighted by Gasteiger charge is -2.14. The van der Waals surface area contributed by atoms with Gasteiger partial charge in [-0.25, -0.2) is 4.90 Å². The summed E-state index contributed by atoms with van der Waals surface area (Å²) in [5.74, 6) is -1.00. The second-order valence-electron chi connectivity index (χ2n) is 6.19. The fourth-order valence-electron chi connectivity index (χ4n) is 3.10. The first-order valence-electron chi connectivity index (χ1n) is 8.27. The Kier molecular flexibility index (Phi) is 5.63. The highest BCUT2D eigenvalue weighted by molar-refractivity contribution is 9.15. The standard InChI is InChI=1S/C21H9Br4NO3/c22-15-13-14(16(23)18(25)17(15)24)21(29)26(20(13)28)12-8-6-11(7-9-12)19(27)10-4-2-1-3-5-10/h1-9H. The maximum Gasteiger partial charge on any atom is 0.267 e. The molecule has 0 unspecified atom stereocenters. The number of carbonyl (C=O) groups excluding carboxylic acids is 3. The summed E-state index contributed by atoms with van der Waals surface area (Å²) >= 11 is 13.6. The molecule has 0 fully saturated rings. The molecule has 0 radical (unpaired) electrons. The monoisotopic (exact) mass is 639 g/mol. The highest BCUT2D eigenvalue weighted by atomic mass is 79.9. The van der Waals surface area contributed by atoms with E-state index >= 15 is 0 Å². The van der Waals surface area contributed by atoms with Crippen molar-refractivity contribution in [1.29, 1.82) is 0 Å². The summed E-state index contributed by atoms with van der Waals surface area (Å²) < 4.78 is 2.27. The number of halogens is 4. The Morgan fingerprint density at radius 3 is 1.55 bits per heavy atom. The molecule has 2 amide bonds. The van der Waals surface area contributed by atoms with Crippen molar-refractivity contribution in [2.45, 2.75) is 0 Å². The number of hydrogen-bond acceptors (Lipinski definition) is 3. The molecule has 0 saturated heterocycles. The normalized spacial score (nSPS) is 13.0. The van der Waals surface area contributed by atoms with E-state index in [1.807, 2.05) is 6.07 Å². The summed E-state index contributed by atoms with van der Waals surface area (Å²) in [7, 11) is 0. The van der Waals surface area contributed by atoms with Gasteiger partial charge in [-0.05, 0) is 88.0 Å². The van der Waals surface area contributed by atoms with Crippen LogP contribution in [0.4, 0.5) is 5.69 Å². The van der Waals surface area contributed by atoms with E-state index in [2.05, 4.69) is 63.7 Å². The number of benzene rings is 3. The number of imide groups is 1. The fourth-order valence-corrected chi connectivity index (χ4v) is 5.56. The summed E-state index contributed by atoms with van der Waals surface area (Å²) in [5, 5.41) is 0. The average molecular weight is 643 g/mol. The molecule has 0 saturated carbocycles. The smallest absolute Gasteiger partial charge is 0.267 e. The van der Waals surface area contributed by atoms with Crippen LogP contribution < -0.4 is 4.90 Å². The third kappa shape index (κ3) is 3.36. The predicted octanol–water partition coefficient (Wildman–Crippen LogP) is 6.77. The third-order valence-corrected chi connectivity index (χ3v) is 9.29. The zero-order chi connectivity index (χ0) is 20.9. The largest absolute Gasteiger partial charge is 0.289 e. The lowest BCUT2D eigenvalue weighted by atomic mass is 10.0. The van der Waals surface area contributed by atoms with E-state index in [1.54, 1.807) is 48.5 Å². The highest BCUT2D eigenvalue weighted by Crippen LogP contribution is 2.46. The Bertz CT molecular complexity index is 1140. The van der Waals surface area contributed by atoms with E-state index in [1.165, 1.54) is 0 Å². The van der Waals surface area contributed by atoms with E-state index in [9.17, 15) is 14.4 Å². The van der Waals surface area contributed by atoms with Crippen LogP contribution in [0.5, 0.6) is 0 Å². The first-order chi connectivity index (χ1) is 13.8. The number of carbonyl (C=O) groups is 3. The van der Waals surface area contributed by atoms with Crippen molar-refractivity contribution in [1.82, 2.24) is 0 Å². The second-order valence-corrected chi connectivity index (χ2v) is 9.37. The van der Waals surface area contributed by atoms with Gasteiger partial charge >= 0.3 is 0 Å². The number of nitrogens with zero attached hydrogens (tertiary/aromatic N) is 1. The third-order valence-electron chi connectivity index (χ3n) is 4.52. The summed E-state index contributed by atoms with van der Waals surface area (Å²) in [5.41, 5.74) is 2.00. The van der Waals surface area contributed by atoms with Crippen LogP contribution in [0.25, 0.3) is 0 Å². The van der Waals surface area contributed by atoms with Crippen LogP contribution in [0, 0.1) is 0 Å². The van der Waals surface area contributed by atoms with E-state index in [0.29, 0.717) is 34.7 Å². The zero-order valence-corrected chi connectivity index (χ0v) is 20.7. The number of rotatable bonds is 3. The van der Waals surface area contributed by atoms with Gasteiger partial charge in [-0.3, -0.25) is 14.4 Å². The molecule has 4 rings (SSSR count). The molecule has 3 aromatic rings. The van der Waals surface area contributed by atoms with Gasteiger partial charge in [0.25, 0.3) is 11.8 Å². The van der Waals surface area contributed by atoms with Crippen LogP contribution in [0.1, 0.15) is 36.6 Å².